The van der Waals surface area contributed by atoms with Crippen molar-refractivity contribution in [3.8, 4) is 0 Å². The van der Waals surface area contributed by atoms with Crippen molar-refractivity contribution in [2.75, 3.05) is 6.54 Å². The van der Waals surface area contributed by atoms with E-state index in [1.54, 1.807) is 0 Å². The van der Waals surface area contributed by atoms with Gasteiger partial charge in [-0.25, -0.2) is 4.39 Å². The lowest BCUT2D eigenvalue weighted by atomic mass is 9.70. The van der Waals surface area contributed by atoms with Crippen molar-refractivity contribution in [2.45, 2.75) is 52.1 Å². The second-order valence-electron chi connectivity index (χ2n) is 5.11. The van der Waals surface area contributed by atoms with Gasteiger partial charge >= 0.3 is 0 Å². The van der Waals surface area contributed by atoms with Crippen LogP contribution < -0.4 is 5.73 Å². The molecule has 13 heavy (non-hydrogen) atoms. The zero-order chi connectivity index (χ0) is 9.90. The van der Waals surface area contributed by atoms with Crippen LogP contribution in [0.5, 0.6) is 0 Å². The molecule has 0 aromatic heterocycles. The number of rotatable bonds is 3. The minimum Gasteiger partial charge on any atom is -0.330 e. The summed E-state index contributed by atoms with van der Waals surface area (Å²) in [5.74, 6) is 0.271. The highest BCUT2D eigenvalue weighted by atomic mass is 19.1. The van der Waals surface area contributed by atoms with Gasteiger partial charge < -0.3 is 5.73 Å². The second-order valence-corrected chi connectivity index (χ2v) is 5.11. The third-order valence-corrected chi connectivity index (χ3v) is 3.20. The molecule has 2 unspecified atom stereocenters. The molecular formula is C11H22FN. The molecule has 0 amide bonds. The molecule has 0 aliphatic heterocycles. The van der Waals surface area contributed by atoms with E-state index in [-0.39, 0.29) is 5.92 Å². The summed E-state index contributed by atoms with van der Waals surface area (Å²) in [6, 6.07) is 0. The van der Waals surface area contributed by atoms with Crippen molar-refractivity contribution in [2.24, 2.45) is 17.1 Å². The van der Waals surface area contributed by atoms with Crippen molar-refractivity contribution in [3.63, 3.8) is 0 Å². The molecule has 1 rings (SSSR count). The Hall–Kier alpha value is -0.110. The van der Waals surface area contributed by atoms with E-state index in [1.807, 2.05) is 0 Å². The van der Waals surface area contributed by atoms with Crippen LogP contribution in [-0.2, 0) is 0 Å². The van der Waals surface area contributed by atoms with Gasteiger partial charge in [0.05, 0.1) is 0 Å². The average molecular weight is 187 g/mol. The third kappa shape index (κ3) is 3.26. The number of hydrogen-bond acceptors (Lipinski definition) is 1. The van der Waals surface area contributed by atoms with Crippen LogP contribution in [0.1, 0.15) is 46.0 Å². The minimum atomic E-state index is -0.662. The monoisotopic (exact) mass is 187 g/mol. The van der Waals surface area contributed by atoms with Crippen molar-refractivity contribution in [1.82, 2.24) is 0 Å². The summed E-state index contributed by atoms with van der Waals surface area (Å²) in [7, 11) is 0. The Bertz CT molecular complexity index is 156. The summed E-state index contributed by atoms with van der Waals surface area (Å²) in [5, 5.41) is 0. The predicted octanol–water partition coefficient (Wildman–Crippen LogP) is 2.89. The molecule has 78 valence electrons. The Kier molecular flexibility index (Phi) is 3.72. The van der Waals surface area contributed by atoms with Gasteiger partial charge in [0, 0.05) is 0 Å². The van der Waals surface area contributed by atoms with E-state index in [0.717, 1.165) is 12.8 Å². The molecule has 0 saturated heterocycles. The molecule has 0 bridgehead atoms. The molecule has 0 aromatic rings. The highest BCUT2D eigenvalue weighted by Gasteiger charge is 2.32. The average Bonchev–Trinajstić information content (AvgIpc) is 2.03. The fourth-order valence-electron chi connectivity index (χ4n) is 2.46. The minimum absolute atomic E-state index is 0.271. The molecule has 1 fully saturated rings. The summed E-state index contributed by atoms with van der Waals surface area (Å²) < 4.78 is 13.6. The van der Waals surface area contributed by atoms with Crippen molar-refractivity contribution in [1.29, 1.82) is 0 Å². The first-order chi connectivity index (χ1) is 6.05. The fourth-order valence-corrected chi connectivity index (χ4v) is 2.46. The number of alkyl halides is 1. The van der Waals surface area contributed by atoms with Crippen molar-refractivity contribution >= 4 is 0 Å². The van der Waals surface area contributed by atoms with Crippen molar-refractivity contribution < 1.29 is 4.39 Å². The molecule has 0 radical (unpaired) electrons. The van der Waals surface area contributed by atoms with Crippen LogP contribution in [0.25, 0.3) is 0 Å². The maximum Gasteiger partial charge on any atom is 0.104 e. The normalized spacial score (nSPS) is 30.0. The van der Waals surface area contributed by atoms with E-state index >= 15 is 0 Å². The summed E-state index contributed by atoms with van der Waals surface area (Å²) >= 11 is 0. The summed E-state index contributed by atoms with van der Waals surface area (Å²) in [5.41, 5.74) is 5.71. The Morgan fingerprint density at radius 3 is 2.77 bits per heavy atom. The van der Waals surface area contributed by atoms with Gasteiger partial charge in [-0.05, 0) is 43.6 Å². The number of halogens is 1. The Labute approximate surface area is 80.9 Å². The van der Waals surface area contributed by atoms with Crippen LogP contribution in [0.2, 0.25) is 0 Å². The van der Waals surface area contributed by atoms with E-state index in [2.05, 4.69) is 13.8 Å². The van der Waals surface area contributed by atoms with Gasteiger partial charge in [0.25, 0.3) is 0 Å². The van der Waals surface area contributed by atoms with Gasteiger partial charge in [0.2, 0.25) is 0 Å². The highest BCUT2D eigenvalue weighted by molar-refractivity contribution is 4.83. The lowest BCUT2D eigenvalue weighted by Gasteiger charge is -2.36. The topological polar surface area (TPSA) is 26.0 Å². The summed E-state index contributed by atoms with van der Waals surface area (Å²) in [4.78, 5) is 0. The number of nitrogens with two attached hydrogens (primary N) is 1. The van der Waals surface area contributed by atoms with Crippen LogP contribution in [0.3, 0.4) is 0 Å². The van der Waals surface area contributed by atoms with Crippen LogP contribution in [-0.4, -0.2) is 12.7 Å². The molecule has 1 aliphatic rings. The first-order valence-corrected chi connectivity index (χ1v) is 5.39. The molecule has 2 atom stereocenters. The lowest BCUT2D eigenvalue weighted by molar-refractivity contribution is 0.102. The van der Waals surface area contributed by atoms with Crippen molar-refractivity contribution in [3.05, 3.63) is 0 Å². The smallest absolute Gasteiger partial charge is 0.104 e. The molecule has 0 spiro atoms. The van der Waals surface area contributed by atoms with Gasteiger partial charge in [0.15, 0.2) is 0 Å². The van der Waals surface area contributed by atoms with E-state index < -0.39 is 6.17 Å². The number of hydrogen-bond donors (Lipinski definition) is 1. The van der Waals surface area contributed by atoms with E-state index in [0.29, 0.717) is 18.4 Å². The van der Waals surface area contributed by atoms with Crippen LogP contribution >= 0.6 is 0 Å². The van der Waals surface area contributed by atoms with E-state index in [9.17, 15) is 4.39 Å². The zero-order valence-electron chi connectivity index (χ0n) is 8.85. The Morgan fingerprint density at radius 1 is 1.54 bits per heavy atom. The molecular weight excluding hydrogens is 165 g/mol. The first-order valence-electron chi connectivity index (χ1n) is 5.39. The second kappa shape index (κ2) is 4.41. The van der Waals surface area contributed by atoms with Gasteiger partial charge in [-0.3, -0.25) is 0 Å². The van der Waals surface area contributed by atoms with Crippen LogP contribution in [0.4, 0.5) is 4.39 Å². The lowest BCUT2D eigenvalue weighted by Crippen LogP contribution is -2.29. The van der Waals surface area contributed by atoms with E-state index in [4.69, 9.17) is 5.73 Å². The maximum atomic E-state index is 13.6. The molecule has 0 aromatic carbocycles. The first kappa shape index (κ1) is 11.0. The molecule has 1 aliphatic carbocycles. The van der Waals surface area contributed by atoms with Gasteiger partial charge in [-0.15, -0.1) is 0 Å². The fraction of sp³-hybridized carbons (Fsp3) is 1.00. The molecule has 1 nitrogen and oxygen atoms in total. The third-order valence-electron chi connectivity index (χ3n) is 3.20. The summed E-state index contributed by atoms with van der Waals surface area (Å²) in [6.07, 6.45) is 4.41. The van der Waals surface area contributed by atoms with Gasteiger partial charge in [-0.1, -0.05) is 20.3 Å². The Morgan fingerprint density at radius 2 is 2.23 bits per heavy atom. The molecule has 0 heterocycles. The maximum absolute atomic E-state index is 13.6. The predicted molar refractivity (Wildman–Crippen MR) is 54.3 cm³/mol. The van der Waals surface area contributed by atoms with Crippen LogP contribution in [0, 0.1) is 11.3 Å². The SMILES string of the molecule is CC1(C)CCCC(C(F)CCN)C1. The largest absolute Gasteiger partial charge is 0.330 e. The van der Waals surface area contributed by atoms with Gasteiger partial charge in [-0.2, -0.15) is 0 Å². The quantitative estimate of drug-likeness (QED) is 0.722. The highest BCUT2D eigenvalue weighted by Crippen LogP contribution is 2.40. The van der Waals surface area contributed by atoms with E-state index in [1.165, 1.54) is 12.8 Å². The molecule has 2 heteroatoms. The Balaban J connectivity index is 2.42. The van der Waals surface area contributed by atoms with Crippen LogP contribution in [0.15, 0.2) is 0 Å². The molecule has 1 saturated carbocycles. The molecule has 2 N–H and O–H groups in total. The zero-order valence-corrected chi connectivity index (χ0v) is 8.85. The summed E-state index contributed by atoms with van der Waals surface area (Å²) in [6.45, 7) is 4.97. The van der Waals surface area contributed by atoms with Gasteiger partial charge in [0.1, 0.15) is 6.17 Å². The standard InChI is InChI=1S/C11H22FN/c1-11(2)6-3-4-9(8-11)10(12)5-7-13/h9-10H,3-8,13H2,1-2H3.